The lowest BCUT2D eigenvalue weighted by Gasteiger charge is -2.33. The average Bonchev–Trinajstić information content (AvgIpc) is 2.82. The van der Waals surface area contributed by atoms with Gasteiger partial charge in [0, 0.05) is 39.1 Å². The molecular formula is C29H54N4O8. The first-order valence-electron chi connectivity index (χ1n) is 13.9. The maximum absolute atomic E-state index is 12.8. The predicted molar refractivity (Wildman–Crippen MR) is 159 cm³/mol. The van der Waals surface area contributed by atoms with Crippen LogP contribution in [0.2, 0.25) is 0 Å². The minimum absolute atomic E-state index is 0.153. The van der Waals surface area contributed by atoms with Crippen LogP contribution in [0.1, 0.15) is 80.1 Å². The summed E-state index contributed by atoms with van der Waals surface area (Å²) in [4.78, 5) is 44.2. The quantitative estimate of drug-likeness (QED) is 0.0599. The fourth-order valence-corrected chi connectivity index (χ4v) is 3.46. The van der Waals surface area contributed by atoms with E-state index in [0.717, 1.165) is 13.0 Å². The molecule has 12 heteroatoms. The highest BCUT2D eigenvalue weighted by atomic mass is 16.6. The molecule has 0 aromatic rings. The first kappa shape index (κ1) is 40.0. The van der Waals surface area contributed by atoms with Gasteiger partial charge in [-0.2, -0.15) is 0 Å². The molecule has 3 amide bonds. The Kier molecular flexibility index (Phi) is 22.0. The summed E-state index contributed by atoms with van der Waals surface area (Å²) in [6.45, 7) is 21.2. The van der Waals surface area contributed by atoms with Gasteiger partial charge < -0.3 is 35.3 Å². The molecule has 238 valence electrons. The van der Waals surface area contributed by atoms with Crippen LogP contribution < -0.4 is 21.3 Å². The van der Waals surface area contributed by atoms with Crippen molar-refractivity contribution in [3.05, 3.63) is 25.0 Å². The summed E-state index contributed by atoms with van der Waals surface area (Å²) < 4.78 is 15.8. The Balaban J connectivity index is 0. The van der Waals surface area contributed by atoms with E-state index in [1.807, 2.05) is 20.8 Å². The SMILES string of the molecule is C=C(CCC(NC(=O)N[C@@H](CCCCNC=O)C(=O)O[C@@H]1CCN1)C(C)(C)C)OC(C)(C)C.C=CCOC.O=CO. The summed E-state index contributed by atoms with van der Waals surface area (Å²) in [5.41, 5.74) is -0.519. The summed E-state index contributed by atoms with van der Waals surface area (Å²) in [6.07, 6.45) is 5.88. The van der Waals surface area contributed by atoms with Crippen LogP contribution in [0.4, 0.5) is 4.79 Å². The number of nitrogens with one attached hydrogen (secondary N) is 4. The summed E-state index contributed by atoms with van der Waals surface area (Å²) in [5, 5.41) is 18.3. The molecule has 1 rings (SSSR count). The van der Waals surface area contributed by atoms with Gasteiger partial charge in [-0.1, -0.05) is 33.4 Å². The number of urea groups is 1. The lowest BCUT2D eigenvalue weighted by molar-refractivity contribution is -0.157. The molecule has 0 saturated carbocycles. The number of rotatable bonds is 16. The molecule has 0 bridgehead atoms. The third-order valence-corrected chi connectivity index (χ3v) is 5.57. The summed E-state index contributed by atoms with van der Waals surface area (Å²) in [5.74, 6) is 0.224. The second-order valence-corrected chi connectivity index (χ2v) is 11.5. The van der Waals surface area contributed by atoms with Gasteiger partial charge in [-0.25, -0.2) is 9.59 Å². The fraction of sp³-hybridized carbons (Fsp3) is 0.724. The Morgan fingerprint density at radius 2 is 1.71 bits per heavy atom. The molecule has 1 saturated heterocycles. The third kappa shape index (κ3) is 23.3. The lowest BCUT2D eigenvalue weighted by Crippen LogP contribution is -2.54. The minimum atomic E-state index is -0.761. The molecule has 1 fully saturated rings. The maximum Gasteiger partial charge on any atom is 0.330 e. The Labute approximate surface area is 246 Å². The van der Waals surface area contributed by atoms with Gasteiger partial charge in [-0.3, -0.25) is 14.9 Å². The zero-order chi connectivity index (χ0) is 31.9. The minimum Gasteiger partial charge on any atom is -0.493 e. The Morgan fingerprint density at radius 3 is 2.12 bits per heavy atom. The first-order chi connectivity index (χ1) is 19.1. The molecule has 41 heavy (non-hydrogen) atoms. The van der Waals surface area contributed by atoms with Crippen molar-refractivity contribution in [3.63, 3.8) is 0 Å². The van der Waals surface area contributed by atoms with Crippen LogP contribution in [0.5, 0.6) is 0 Å². The topological polar surface area (TPSA) is 164 Å². The van der Waals surface area contributed by atoms with E-state index in [4.69, 9.17) is 19.4 Å². The number of carbonyl (C=O) groups excluding carboxylic acids is 3. The smallest absolute Gasteiger partial charge is 0.330 e. The van der Waals surface area contributed by atoms with E-state index in [2.05, 4.69) is 59.9 Å². The van der Waals surface area contributed by atoms with Crippen molar-refractivity contribution in [3.8, 4) is 0 Å². The molecule has 1 unspecified atom stereocenters. The van der Waals surface area contributed by atoms with E-state index >= 15 is 0 Å². The normalized spacial score (nSPS) is 15.4. The third-order valence-electron chi connectivity index (χ3n) is 5.57. The van der Waals surface area contributed by atoms with Crippen LogP contribution >= 0.6 is 0 Å². The standard InChI is InChI=1S/C24H44N4O5.C4H8O.CH2O2/c1-17(33-24(5,6)7)11-12-19(23(2,3)4)28-22(31)27-18(10-8-9-14-25-16-29)21(30)32-20-13-15-26-20;1-3-4-5-2;2-1-3/h16,18-20,26H,1,8-15H2,2-7H3,(H,25,29)(H2,27,28,31);3H,1,4H2,2H3;1H,(H,2,3)/t18-,19?,20+;;/m0../s1. The number of hydrogen-bond donors (Lipinski definition) is 5. The second kappa shape index (κ2) is 22.6. The van der Waals surface area contributed by atoms with E-state index in [0.29, 0.717) is 57.4 Å². The van der Waals surface area contributed by atoms with Crippen LogP contribution in [-0.2, 0) is 28.6 Å². The van der Waals surface area contributed by atoms with Gasteiger partial charge in [0.1, 0.15) is 11.6 Å². The molecule has 3 atom stereocenters. The summed E-state index contributed by atoms with van der Waals surface area (Å²) in [6, 6.07) is -1.32. The van der Waals surface area contributed by atoms with Crippen LogP contribution in [0.3, 0.4) is 0 Å². The number of amides is 3. The van der Waals surface area contributed by atoms with Crippen molar-refractivity contribution in [2.75, 3.05) is 26.8 Å². The molecule has 1 aliphatic heterocycles. The van der Waals surface area contributed by atoms with Crippen molar-refractivity contribution in [2.45, 2.75) is 104 Å². The molecule has 0 aromatic carbocycles. The van der Waals surface area contributed by atoms with E-state index in [1.54, 1.807) is 13.2 Å². The van der Waals surface area contributed by atoms with Gasteiger partial charge in [-0.15, -0.1) is 6.58 Å². The van der Waals surface area contributed by atoms with Gasteiger partial charge in [0.2, 0.25) is 6.41 Å². The summed E-state index contributed by atoms with van der Waals surface area (Å²) in [7, 11) is 1.64. The number of allylic oxidation sites excluding steroid dienone is 1. The average molecular weight is 587 g/mol. The number of esters is 1. The first-order valence-corrected chi connectivity index (χ1v) is 13.9. The van der Waals surface area contributed by atoms with E-state index in [1.165, 1.54) is 0 Å². The molecule has 0 aromatic heterocycles. The highest BCUT2D eigenvalue weighted by molar-refractivity contribution is 5.83. The van der Waals surface area contributed by atoms with E-state index < -0.39 is 18.0 Å². The van der Waals surface area contributed by atoms with Gasteiger partial charge in [0.15, 0.2) is 6.23 Å². The number of carboxylic acid groups (broad SMARTS) is 1. The number of hydrogen-bond acceptors (Lipinski definition) is 8. The van der Waals surface area contributed by atoms with Crippen LogP contribution in [0, 0.1) is 5.41 Å². The van der Waals surface area contributed by atoms with E-state index in [9.17, 15) is 14.4 Å². The van der Waals surface area contributed by atoms with Crippen molar-refractivity contribution < 1.29 is 38.5 Å². The Hall–Kier alpha value is -3.12. The second-order valence-electron chi connectivity index (χ2n) is 11.5. The van der Waals surface area contributed by atoms with E-state index in [-0.39, 0.29) is 29.8 Å². The van der Waals surface area contributed by atoms with Crippen LogP contribution in [0.15, 0.2) is 25.0 Å². The van der Waals surface area contributed by atoms with Gasteiger partial charge in [0.05, 0.1) is 12.4 Å². The molecule has 0 aliphatic carbocycles. The Morgan fingerprint density at radius 1 is 1.10 bits per heavy atom. The van der Waals surface area contributed by atoms with Crippen LogP contribution in [-0.4, -0.2) is 80.7 Å². The zero-order valence-corrected chi connectivity index (χ0v) is 26.0. The largest absolute Gasteiger partial charge is 0.493 e. The monoisotopic (exact) mass is 586 g/mol. The Bertz CT molecular complexity index is 774. The molecule has 1 aliphatic rings. The molecule has 0 radical (unpaired) electrons. The fourth-order valence-electron chi connectivity index (χ4n) is 3.46. The van der Waals surface area contributed by atoms with Crippen LogP contribution in [0.25, 0.3) is 0 Å². The number of unbranched alkanes of at least 4 members (excludes halogenated alkanes) is 1. The number of ether oxygens (including phenoxy) is 3. The number of methoxy groups -OCH3 is 1. The van der Waals surface area contributed by atoms with Crippen molar-refractivity contribution in [2.24, 2.45) is 5.41 Å². The highest BCUT2D eigenvalue weighted by Gasteiger charge is 2.30. The zero-order valence-electron chi connectivity index (χ0n) is 26.0. The van der Waals surface area contributed by atoms with Crippen molar-refractivity contribution >= 4 is 24.9 Å². The van der Waals surface area contributed by atoms with Crippen molar-refractivity contribution in [1.82, 2.24) is 21.3 Å². The molecule has 1 heterocycles. The van der Waals surface area contributed by atoms with Gasteiger partial charge in [0.25, 0.3) is 6.47 Å². The van der Waals surface area contributed by atoms with Gasteiger partial charge >= 0.3 is 12.0 Å². The molecule has 5 N–H and O–H groups in total. The van der Waals surface area contributed by atoms with Crippen molar-refractivity contribution in [1.29, 1.82) is 0 Å². The highest BCUT2D eigenvalue weighted by Crippen LogP contribution is 2.25. The maximum atomic E-state index is 12.8. The molecule has 0 spiro atoms. The molecule has 12 nitrogen and oxygen atoms in total. The summed E-state index contributed by atoms with van der Waals surface area (Å²) >= 11 is 0. The van der Waals surface area contributed by atoms with Gasteiger partial charge in [-0.05, 0) is 51.9 Å². The predicted octanol–water partition coefficient (Wildman–Crippen LogP) is 3.48. The number of carbonyl (C=O) groups is 4. The molecular weight excluding hydrogens is 532 g/mol. The lowest BCUT2D eigenvalue weighted by atomic mass is 9.84.